The first-order chi connectivity index (χ1) is 23.8. The van der Waals surface area contributed by atoms with Gasteiger partial charge in [0.05, 0.1) is 25.5 Å². The maximum Gasteiger partial charge on any atom is 0.416 e. The normalized spacial score (nSPS) is 15.7. The topological polar surface area (TPSA) is 129 Å². The van der Waals surface area contributed by atoms with Gasteiger partial charge in [-0.25, -0.2) is 15.4 Å². The Kier molecular flexibility index (Phi) is 17.5. The molecule has 1 unspecified atom stereocenters. The van der Waals surface area contributed by atoms with E-state index in [0.717, 1.165) is 29.4 Å². The van der Waals surface area contributed by atoms with Gasteiger partial charge in [0, 0.05) is 39.3 Å². The van der Waals surface area contributed by atoms with E-state index in [0.29, 0.717) is 64.9 Å². The van der Waals surface area contributed by atoms with E-state index in [1.165, 1.54) is 18.0 Å². The van der Waals surface area contributed by atoms with Crippen LogP contribution in [0.25, 0.3) is 0 Å². The Morgan fingerprint density at radius 1 is 0.941 bits per heavy atom. The minimum absolute atomic E-state index is 0.136. The Hall–Kier alpha value is -3.77. The molecule has 2 aromatic carbocycles. The zero-order valence-electron chi connectivity index (χ0n) is 29.6. The Labute approximate surface area is 292 Å². The number of benzene rings is 2. The third-order valence-corrected chi connectivity index (χ3v) is 8.23. The number of hydrogen-bond donors (Lipinski definition) is 4. The van der Waals surface area contributed by atoms with E-state index in [1.807, 2.05) is 20.8 Å². The van der Waals surface area contributed by atoms with Gasteiger partial charge in [-0.3, -0.25) is 18.5 Å². The van der Waals surface area contributed by atoms with Crippen LogP contribution in [0.4, 0.5) is 39.5 Å². The number of carbonyl (C=O) groups is 1. The highest BCUT2D eigenvalue weighted by Gasteiger charge is 2.41. The quantitative estimate of drug-likeness (QED) is 0.0681. The lowest BCUT2D eigenvalue weighted by atomic mass is 9.84. The zero-order valence-corrected chi connectivity index (χ0v) is 29.6. The predicted molar refractivity (Wildman–Crippen MR) is 178 cm³/mol. The van der Waals surface area contributed by atoms with Crippen molar-refractivity contribution >= 4 is 11.9 Å². The summed E-state index contributed by atoms with van der Waals surface area (Å²) >= 11 is 0. The number of amides is 1. The summed E-state index contributed by atoms with van der Waals surface area (Å²) < 4.78 is 115. The molecule has 1 aliphatic rings. The van der Waals surface area contributed by atoms with E-state index in [-0.39, 0.29) is 29.5 Å². The Bertz CT molecular complexity index is 1410. The van der Waals surface area contributed by atoms with Crippen molar-refractivity contribution < 1.29 is 44.3 Å². The molecule has 1 atom stereocenters. The number of piperidine rings is 1. The van der Waals surface area contributed by atoms with Crippen molar-refractivity contribution in [3.63, 3.8) is 0 Å². The first kappa shape index (κ1) is 45.3. The van der Waals surface area contributed by atoms with E-state index in [1.54, 1.807) is 0 Å². The van der Waals surface area contributed by atoms with Crippen molar-refractivity contribution in [1.29, 1.82) is 0 Å². The van der Waals surface area contributed by atoms with E-state index in [9.17, 15) is 44.3 Å². The molecule has 1 amide bonds. The number of hydrazone groups is 1. The Morgan fingerprint density at radius 2 is 1.51 bits per heavy atom. The largest absolute Gasteiger partial charge is 0.416 e. The van der Waals surface area contributed by atoms with Crippen LogP contribution in [0, 0.1) is 11.7 Å². The number of rotatable bonds is 12. The summed E-state index contributed by atoms with van der Waals surface area (Å²) in [5.41, 5.74) is 9.45. The second-order valence-corrected chi connectivity index (χ2v) is 12.3. The van der Waals surface area contributed by atoms with Crippen molar-refractivity contribution in [3.8, 4) is 0 Å². The summed E-state index contributed by atoms with van der Waals surface area (Å²) in [6.07, 6.45) is -8.29. The van der Waals surface area contributed by atoms with E-state index in [2.05, 4.69) is 15.3 Å². The minimum atomic E-state index is -4.84. The van der Waals surface area contributed by atoms with Gasteiger partial charge in [0.2, 0.25) is 11.9 Å². The number of likely N-dealkylation sites (tertiary alicyclic amines) is 1. The van der Waals surface area contributed by atoms with Crippen molar-refractivity contribution in [2.75, 3.05) is 41.0 Å². The number of nitrogens with two attached hydrogens (primary N) is 3. The Morgan fingerprint density at radius 3 is 1.98 bits per heavy atom. The molecule has 51 heavy (non-hydrogen) atoms. The van der Waals surface area contributed by atoms with Crippen molar-refractivity contribution in [2.45, 2.75) is 77.1 Å². The highest BCUT2D eigenvalue weighted by molar-refractivity contribution is 5.84. The van der Waals surface area contributed by atoms with Crippen LogP contribution >= 0.6 is 0 Å². The molecule has 9 nitrogen and oxygen atoms in total. The summed E-state index contributed by atoms with van der Waals surface area (Å²) in [6.45, 7) is 6.55. The number of nitrogens with one attached hydrogen (secondary N) is 1. The molecule has 0 spiro atoms. The minimum Gasteiger partial charge on any atom is -0.368 e. The summed E-state index contributed by atoms with van der Waals surface area (Å²) in [5, 5.41) is 8.06. The van der Waals surface area contributed by atoms with Gasteiger partial charge in [-0.05, 0) is 78.7 Å². The smallest absolute Gasteiger partial charge is 0.368 e. The maximum atomic E-state index is 14.3. The van der Waals surface area contributed by atoms with Crippen molar-refractivity contribution in [2.24, 2.45) is 28.3 Å². The van der Waals surface area contributed by atoms with Crippen LogP contribution in [0.1, 0.15) is 73.9 Å². The number of nitrogens with zero attached hydrogens (tertiary/aromatic N) is 4. The molecule has 1 fully saturated rings. The fourth-order valence-electron chi connectivity index (χ4n) is 5.82. The first-order valence-electron chi connectivity index (χ1n) is 15.9. The van der Waals surface area contributed by atoms with E-state index >= 15 is 0 Å². The Balaban J connectivity index is 0.00000313. The lowest BCUT2D eigenvalue weighted by molar-refractivity contribution is -0.138. The van der Waals surface area contributed by atoms with Gasteiger partial charge in [0.25, 0.3) is 0 Å². The molecule has 1 heterocycles. The number of hydrazine groups is 1. The lowest BCUT2D eigenvalue weighted by Crippen LogP contribution is -2.61. The van der Waals surface area contributed by atoms with Crippen LogP contribution < -0.4 is 22.6 Å². The number of alkyl halides is 8. The van der Waals surface area contributed by atoms with Crippen LogP contribution in [0.3, 0.4) is 0 Å². The van der Waals surface area contributed by atoms with E-state index < -0.39 is 53.3 Å². The van der Waals surface area contributed by atoms with Crippen LogP contribution in [-0.2, 0) is 30.2 Å². The van der Waals surface area contributed by atoms with Gasteiger partial charge in [0.15, 0.2) is 0 Å². The molecule has 0 aromatic heterocycles. The highest BCUT2D eigenvalue weighted by atomic mass is 19.4. The van der Waals surface area contributed by atoms with Gasteiger partial charge in [0.1, 0.15) is 11.4 Å². The van der Waals surface area contributed by atoms with Gasteiger partial charge >= 0.3 is 12.4 Å². The van der Waals surface area contributed by atoms with Gasteiger partial charge in [-0.15, -0.1) is 5.10 Å². The number of primary amides is 1. The number of hydrogen-bond acceptors (Lipinski definition) is 6. The average molecular weight is 745 g/mol. The van der Waals surface area contributed by atoms with Crippen LogP contribution in [0.2, 0.25) is 0 Å². The molecule has 1 saturated heterocycles. The molecule has 0 saturated carbocycles. The lowest BCUT2D eigenvalue weighted by Gasteiger charge is -2.44. The first-order valence-corrected chi connectivity index (χ1v) is 15.9. The third kappa shape index (κ3) is 13.1. The van der Waals surface area contributed by atoms with Gasteiger partial charge < -0.3 is 21.7 Å². The maximum absolute atomic E-state index is 14.3. The summed E-state index contributed by atoms with van der Waals surface area (Å²) in [5.74, 6) is 3.96. The molecule has 2 aromatic rings. The molecule has 1 aliphatic heterocycles. The van der Waals surface area contributed by atoms with E-state index in [4.69, 9.17) is 17.3 Å². The molecule has 7 N–H and O–H groups in total. The molecule has 3 rings (SSSR count). The molecule has 18 heteroatoms. The third-order valence-electron chi connectivity index (χ3n) is 8.23. The summed E-state index contributed by atoms with van der Waals surface area (Å²) in [6, 6.07) is 4.90. The molecule has 290 valence electrons. The second-order valence-electron chi connectivity index (χ2n) is 12.3. The zero-order chi connectivity index (χ0) is 39.3. The summed E-state index contributed by atoms with van der Waals surface area (Å²) in [4.78, 5) is 15.8. The fourth-order valence-corrected chi connectivity index (χ4v) is 5.82. The molecular weight excluding hydrogens is 695 g/mol. The monoisotopic (exact) mass is 744 g/mol. The average Bonchev–Trinajstić information content (AvgIpc) is 3.05. The van der Waals surface area contributed by atoms with Crippen molar-refractivity contribution in [3.05, 3.63) is 70.0 Å². The molecule has 0 bridgehead atoms. The predicted octanol–water partition coefficient (Wildman–Crippen LogP) is 6.09. The van der Waals surface area contributed by atoms with Crippen LogP contribution in [0.5, 0.6) is 0 Å². The number of halogens is 9. The molecule has 0 aliphatic carbocycles. The highest BCUT2D eigenvalue weighted by Crippen LogP contribution is 2.37. The number of carbonyl (C=O) groups excluding carboxylic acids is 1. The van der Waals surface area contributed by atoms with Crippen LogP contribution in [-0.4, -0.2) is 73.4 Å². The summed E-state index contributed by atoms with van der Waals surface area (Å²) in [7, 11) is 2.33. The van der Waals surface area contributed by atoms with Gasteiger partial charge in [-0.2, -0.15) is 26.3 Å². The molecule has 0 radical (unpaired) electrons. The number of guanidine groups is 1. The SMILES string of the molecule is CCC(c1ccc(C(F)(F)F)cc1CN(Cc1cc(F)cc(C(F)(F)F)c1)/C(N)=N/N(C)N)N1CCC(NCC(C)C)(C(N)=O)CC1.CF.CF. The van der Waals surface area contributed by atoms with Crippen molar-refractivity contribution in [1.82, 2.24) is 20.2 Å². The van der Waals surface area contributed by atoms with Gasteiger partial charge in [-0.1, -0.05) is 26.8 Å². The second kappa shape index (κ2) is 19.7. The standard InChI is InChI=1S/C31H43F7N8O.2CH3F/c1-5-26(45-10-8-29(9-11-45,27(39)47)42-16-19(2)3)25-7-6-22(30(33,34)35)14-21(25)18-46(28(40)43-44(4)41)17-20-12-23(31(36,37)38)15-24(32)13-20;2*1-2/h6-7,12-15,19,26,42H,5,8-11,16-18,41H2,1-4H3,(H2,39,47)(H2,40,43);2*1H3. The van der Waals surface area contributed by atoms with Crippen LogP contribution in [0.15, 0.2) is 41.5 Å². The molecular formula is C33H49F9N8O. The fraction of sp³-hybridized carbons (Fsp3) is 0.576.